The van der Waals surface area contributed by atoms with Crippen LogP contribution in [0.5, 0.6) is 0 Å². The van der Waals surface area contributed by atoms with Crippen molar-refractivity contribution < 1.29 is 18.0 Å². The van der Waals surface area contributed by atoms with Gasteiger partial charge in [0.1, 0.15) is 0 Å². The van der Waals surface area contributed by atoms with Gasteiger partial charge < -0.3 is 26.3 Å². The molecule has 1 saturated heterocycles. The summed E-state index contributed by atoms with van der Waals surface area (Å²) in [6.07, 6.45) is -4.12. The fourth-order valence-electron chi connectivity index (χ4n) is 4.25. The molecule has 1 aliphatic heterocycles. The Kier molecular flexibility index (Phi) is 7.45. The largest absolute Gasteiger partial charge is 0.397 e. The SMILES string of the molecule is CC(C)(C)C(=O)NCc1ccc(Cl)c(Nc2nc3cc(N)c(N4CCC(C(F)(F)F)CC4)cc3[nH]2)c1Cl. The zero-order valence-electron chi connectivity index (χ0n) is 20.7. The van der Waals surface area contributed by atoms with Crippen LogP contribution in [0, 0.1) is 11.3 Å². The van der Waals surface area contributed by atoms with E-state index in [1.807, 2.05) is 25.7 Å². The highest BCUT2D eigenvalue weighted by Crippen LogP contribution is 2.39. The molecule has 5 N–H and O–H groups in total. The maximum atomic E-state index is 13.0. The van der Waals surface area contributed by atoms with E-state index in [4.69, 9.17) is 28.9 Å². The molecule has 2 heterocycles. The number of hydrogen-bond donors (Lipinski definition) is 4. The molecule has 1 aliphatic rings. The minimum absolute atomic E-state index is 0.0281. The van der Waals surface area contributed by atoms with Gasteiger partial charge in [-0.3, -0.25) is 4.79 Å². The van der Waals surface area contributed by atoms with E-state index in [1.165, 1.54) is 0 Å². The van der Waals surface area contributed by atoms with E-state index in [-0.39, 0.29) is 38.4 Å². The van der Waals surface area contributed by atoms with Crippen LogP contribution in [0.3, 0.4) is 0 Å². The summed E-state index contributed by atoms with van der Waals surface area (Å²) in [4.78, 5) is 21.8. The first kappa shape index (κ1) is 27.2. The Morgan fingerprint density at radius 3 is 2.49 bits per heavy atom. The molecule has 7 nitrogen and oxygen atoms in total. The lowest BCUT2D eigenvalue weighted by Gasteiger charge is -2.35. The molecule has 0 bridgehead atoms. The number of piperidine rings is 1. The number of nitrogen functional groups attached to an aromatic ring is 1. The first-order chi connectivity index (χ1) is 17.2. The van der Waals surface area contributed by atoms with Crippen molar-refractivity contribution in [2.45, 2.75) is 46.3 Å². The number of aromatic nitrogens is 2. The monoisotopic (exact) mass is 556 g/mol. The second-order valence-corrected chi connectivity index (χ2v) is 11.1. The van der Waals surface area contributed by atoms with Crippen molar-refractivity contribution in [2.24, 2.45) is 11.3 Å². The number of amides is 1. The number of H-pyrrole nitrogens is 1. The summed E-state index contributed by atoms with van der Waals surface area (Å²) in [6, 6.07) is 6.90. The molecular formula is C25H29Cl2F3N6O. The van der Waals surface area contributed by atoms with Gasteiger partial charge in [-0.05, 0) is 36.6 Å². The van der Waals surface area contributed by atoms with Gasteiger partial charge in [-0.25, -0.2) is 4.98 Å². The highest BCUT2D eigenvalue weighted by atomic mass is 35.5. The molecule has 1 fully saturated rings. The summed E-state index contributed by atoms with van der Waals surface area (Å²) in [6.45, 7) is 6.23. The predicted octanol–water partition coefficient (Wildman–Crippen LogP) is 6.64. The van der Waals surface area contributed by atoms with E-state index in [0.717, 1.165) is 0 Å². The van der Waals surface area contributed by atoms with Crippen LogP contribution in [0.1, 0.15) is 39.2 Å². The van der Waals surface area contributed by atoms with Crippen molar-refractivity contribution in [3.63, 3.8) is 0 Å². The molecule has 12 heteroatoms. The number of nitrogens with one attached hydrogen (secondary N) is 3. The van der Waals surface area contributed by atoms with Gasteiger partial charge in [-0.2, -0.15) is 13.2 Å². The number of alkyl halides is 3. The summed E-state index contributed by atoms with van der Waals surface area (Å²) in [5.41, 5.74) is 9.14. The van der Waals surface area contributed by atoms with E-state index in [2.05, 4.69) is 20.6 Å². The van der Waals surface area contributed by atoms with E-state index in [9.17, 15) is 18.0 Å². The van der Waals surface area contributed by atoms with Crippen molar-refractivity contribution in [3.05, 3.63) is 39.9 Å². The van der Waals surface area contributed by atoms with Gasteiger partial charge in [0.25, 0.3) is 0 Å². The van der Waals surface area contributed by atoms with Crippen molar-refractivity contribution in [1.29, 1.82) is 0 Å². The molecule has 1 amide bonds. The number of rotatable bonds is 5. The minimum Gasteiger partial charge on any atom is -0.397 e. The molecule has 1 aromatic heterocycles. The number of benzene rings is 2. The van der Waals surface area contributed by atoms with Crippen LogP contribution in [0.15, 0.2) is 24.3 Å². The quantitative estimate of drug-likeness (QED) is 0.264. The molecule has 37 heavy (non-hydrogen) atoms. The van der Waals surface area contributed by atoms with E-state index >= 15 is 0 Å². The van der Waals surface area contributed by atoms with Crippen LogP contribution >= 0.6 is 23.2 Å². The Morgan fingerprint density at radius 2 is 1.86 bits per heavy atom. The van der Waals surface area contributed by atoms with Crippen molar-refractivity contribution >= 4 is 63.2 Å². The first-order valence-electron chi connectivity index (χ1n) is 11.9. The number of anilines is 4. The Labute approximate surface area is 222 Å². The molecule has 4 rings (SSSR count). The fraction of sp³-hybridized carbons (Fsp3) is 0.440. The third-order valence-corrected chi connectivity index (χ3v) is 7.21. The second-order valence-electron chi connectivity index (χ2n) is 10.3. The van der Waals surface area contributed by atoms with E-state index < -0.39 is 17.5 Å². The van der Waals surface area contributed by atoms with E-state index in [0.29, 0.717) is 49.7 Å². The Bertz CT molecular complexity index is 1310. The fourth-order valence-corrected chi connectivity index (χ4v) is 4.78. The summed E-state index contributed by atoms with van der Waals surface area (Å²) < 4.78 is 39.1. The zero-order valence-corrected chi connectivity index (χ0v) is 22.2. The van der Waals surface area contributed by atoms with Crippen LogP contribution in [-0.2, 0) is 11.3 Å². The van der Waals surface area contributed by atoms with Crippen LogP contribution in [0.2, 0.25) is 10.0 Å². The molecule has 3 aromatic rings. The standard InChI is InChI=1S/C25H29Cl2F3N6O/c1-24(2,3)22(37)32-12-13-4-5-15(26)21(20(13)27)35-23-33-17-10-16(31)19(11-18(17)34-23)36-8-6-14(7-9-36)25(28,29)30/h4-5,10-11,14H,6-9,12,31H2,1-3H3,(H,32,37)(H2,33,34,35). The van der Waals surface area contributed by atoms with Crippen molar-refractivity contribution in [1.82, 2.24) is 15.3 Å². The third kappa shape index (κ3) is 6.01. The number of nitrogens with zero attached hydrogens (tertiary/aromatic N) is 2. The van der Waals surface area contributed by atoms with Crippen LogP contribution in [-0.4, -0.2) is 35.1 Å². The number of halogens is 5. The molecule has 0 unspecified atom stereocenters. The second kappa shape index (κ2) is 10.1. The molecule has 0 spiro atoms. The number of aromatic amines is 1. The summed E-state index contributed by atoms with van der Waals surface area (Å²) in [5.74, 6) is -1.04. The zero-order chi connectivity index (χ0) is 27.1. The summed E-state index contributed by atoms with van der Waals surface area (Å²) >= 11 is 13.0. The van der Waals surface area contributed by atoms with Gasteiger partial charge in [0.05, 0.1) is 44.1 Å². The average molecular weight is 557 g/mol. The van der Waals surface area contributed by atoms with Crippen molar-refractivity contribution in [2.75, 3.05) is 29.0 Å². The lowest BCUT2D eigenvalue weighted by Crippen LogP contribution is -2.39. The van der Waals surface area contributed by atoms with Gasteiger partial charge in [-0.1, -0.05) is 50.0 Å². The van der Waals surface area contributed by atoms with Crippen LogP contribution < -0.4 is 21.3 Å². The first-order valence-corrected chi connectivity index (χ1v) is 12.6. The Hall–Kier alpha value is -2.85. The molecule has 2 aromatic carbocycles. The molecule has 0 atom stereocenters. The highest BCUT2D eigenvalue weighted by molar-refractivity contribution is 6.39. The average Bonchev–Trinajstić information content (AvgIpc) is 3.20. The molecule has 200 valence electrons. The van der Waals surface area contributed by atoms with Crippen LogP contribution in [0.25, 0.3) is 11.0 Å². The topological polar surface area (TPSA) is 99.1 Å². The number of nitrogens with two attached hydrogens (primary N) is 1. The van der Waals surface area contributed by atoms with Crippen molar-refractivity contribution in [3.8, 4) is 0 Å². The van der Waals surface area contributed by atoms with Gasteiger partial charge in [0.2, 0.25) is 11.9 Å². The van der Waals surface area contributed by atoms with Gasteiger partial charge in [0.15, 0.2) is 0 Å². The van der Waals surface area contributed by atoms with Gasteiger partial charge in [-0.15, -0.1) is 0 Å². The third-order valence-electron chi connectivity index (χ3n) is 6.46. The number of carbonyl (C=O) groups excluding carboxylic acids is 1. The van der Waals surface area contributed by atoms with E-state index in [1.54, 1.807) is 24.3 Å². The Balaban J connectivity index is 1.53. The Morgan fingerprint density at radius 1 is 1.19 bits per heavy atom. The molecular weight excluding hydrogens is 528 g/mol. The lowest BCUT2D eigenvalue weighted by molar-refractivity contribution is -0.179. The van der Waals surface area contributed by atoms with Gasteiger partial charge >= 0.3 is 6.18 Å². The normalized spacial score (nSPS) is 15.3. The number of imidazole rings is 1. The maximum absolute atomic E-state index is 13.0. The number of fused-ring (bicyclic) bond motifs is 1. The molecule has 0 radical (unpaired) electrons. The maximum Gasteiger partial charge on any atom is 0.391 e. The number of carbonyl (C=O) groups is 1. The summed E-state index contributed by atoms with van der Waals surface area (Å²) in [7, 11) is 0. The summed E-state index contributed by atoms with van der Waals surface area (Å²) in [5, 5.41) is 6.68. The van der Waals surface area contributed by atoms with Gasteiger partial charge in [0, 0.05) is 25.0 Å². The minimum atomic E-state index is -4.18. The van der Waals surface area contributed by atoms with Crippen LogP contribution in [0.4, 0.5) is 36.2 Å². The molecule has 0 saturated carbocycles. The highest BCUT2D eigenvalue weighted by Gasteiger charge is 2.41. The lowest BCUT2D eigenvalue weighted by atomic mass is 9.95. The smallest absolute Gasteiger partial charge is 0.391 e. The molecule has 0 aliphatic carbocycles. The predicted molar refractivity (Wildman–Crippen MR) is 143 cm³/mol. The number of hydrogen-bond acceptors (Lipinski definition) is 5.